The van der Waals surface area contributed by atoms with Gasteiger partial charge in [0.15, 0.2) is 0 Å². The number of furan rings is 2. The number of amides is 1. The lowest BCUT2D eigenvalue weighted by Crippen LogP contribution is -2.44. The maximum absolute atomic E-state index is 12.6. The molecule has 3 heterocycles. The molecule has 5 nitrogen and oxygen atoms in total. The van der Waals surface area contributed by atoms with Crippen molar-refractivity contribution < 1.29 is 13.6 Å². The van der Waals surface area contributed by atoms with Crippen molar-refractivity contribution in [2.24, 2.45) is 0 Å². The fraction of sp³-hybridized carbons (Fsp3) is 0.357. The van der Waals surface area contributed by atoms with Crippen molar-refractivity contribution in [3.63, 3.8) is 0 Å². The van der Waals surface area contributed by atoms with Gasteiger partial charge in [-0.25, -0.2) is 0 Å². The standard InChI is InChI=1S/C14H16N2O3S/c17-14(13-9-20-10-15-13)16(7-11-3-1-5-18-11)8-12-4-2-6-19-12/h1-6,13,15H,7-10H2. The Labute approximate surface area is 121 Å². The molecular formula is C14H16N2O3S. The highest BCUT2D eigenvalue weighted by Gasteiger charge is 2.28. The zero-order chi connectivity index (χ0) is 13.8. The van der Waals surface area contributed by atoms with Crippen LogP contribution in [0.25, 0.3) is 0 Å². The van der Waals surface area contributed by atoms with Crippen LogP contribution < -0.4 is 5.32 Å². The molecule has 3 rings (SSSR count). The largest absolute Gasteiger partial charge is 0.467 e. The molecule has 1 unspecified atom stereocenters. The van der Waals surface area contributed by atoms with Gasteiger partial charge in [0.25, 0.3) is 0 Å². The molecule has 1 aliphatic rings. The molecule has 2 aromatic heterocycles. The third kappa shape index (κ3) is 3.08. The second-order valence-corrected chi connectivity index (χ2v) is 5.66. The summed E-state index contributed by atoms with van der Waals surface area (Å²) >= 11 is 1.74. The summed E-state index contributed by atoms with van der Waals surface area (Å²) < 4.78 is 10.7. The maximum atomic E-state index is 12.6. The Morgan fingerprint density at radius 2 is 1.90 bits per heavy atom. The summed E-state index contributed by atoms with van der Waals surface area (Å²) in [7, 11) is 0. The number of thioether (sulfide) groups is 1. The second kappa shape index (κ2) is 6.19. The molecule has 20 heavy (non-hydrogen) atoms. The van der Waals surface area contributed by atoms with Crippen LogP contribution in [0.15, 0.2) is 45.6 Å². The van der Waals surface area contributed by atoms with Crippen LogP contribution in [0.2, 0.25) is 0 Å². The van der Waals surface area contributed by atoms with E-state index in [1.54, 1.807) is 29.2 Å². The Kier molecular flexibility index (Phi) is 4.13. The first-order chi connectivity index (χ1) is 9.83. The van der Waals surface area contributed by atoms with Crippen molar-refractivity contribution in [3.8, 4) is 0 Å². The van der Waals surface area contributed by atoms with Crippen molar-refractivity contribution in [1.29, 1.82) is 0 Å². The van der Waals surface area contributed by atoms with Crippen LogP contribution in [-0.4, -0.2) is 28.5 Å². The van der Waals surface area contributed by atoms with E-state index in [2.05, 4.69) is 5.32 Å². The van der Waals surface area contributed by atoms with Gasteiger partial charge in [0, 0.05) is 11.6 Å². The third-order valence-corrected chi connectivity index (χ3v) is 4.12. The second-order valence-electron chi connectivity index (χ2n) is 4.62. The number of rotatable bonds is 5. The fourth-order valence-electron chi connectivity index (χ4n) is 2.17. The van der Waals surface area contributed by atoms with E-state index in [1.165, 1.54) is 0 Å². The zero-order valence-electron chi connectivity index (χ0n) is 11.0. The molecule has 0 radical (unpaired) electrons. The highest BCUT2D eigenvalue weighted by atomic mass is 32.2. The highest BCUT2D eigenvalue weighted by molar-refractivity contribution is 7.99. The highest BCUT2D eigenvalue weighted by Crippen LogP contribution is 2.16. The molecule has 6 heteroatoms. The summed E-state index contributed by atoms with van der Waals surface area (Å²) in [6.45, 7) is 0.908. The van der Waals surface area contributed by atoms with Crippen molar-refractivity contribution in [2.75, 3.05) is 11.6 Å². The minimum absolute atomic E-state index is 0.0859. The molecule has 2 aromatic rings. The molecule has 1 N–H and O–H groups in total. The van der Waals surface area contributed by atoms with Crippen molar-refractivity contribution in [3.05, 3.63) is 48.3 Å². The first-order valence-electron chi connectivity index (χ1n) is 6.47. The van der Waals surface area contributed by atoms with Gasteiger partial charge in [-0.2, -0.15) is 0 Å². The minimum Gasteiger partial charge on any atom is -0.467 e. The van der Waals surface area contributed by atoms with Crippen molar-refractivity contribution in [2.45, 2.75) is 19.1 Å². The SMILES string of the molecule is O=C(C1CSCN1)N(Cc1ccco1)Cc1ccco1. The van der Waals surface area contributed by atoms with Gasteiger partial charge in [-0.3, -0.25) is 10.1 Å². The number of hydrogen-bond donors (Lipinski definition) is 1. The number of hydrogen-bond acceptors (Lipinski definition) is 5. The van der Waals surface area contributed by atoms with Crippen molar-refractivity contribution >= 4 is 17.7 Å². The topological polar surface area (TPSA) is 58.6 Å². The summed E-state index contributed by atoms with van der Waals surface area (Å²) in [5, 5.41) is 3.21. The zero-order valence-corrected chi connectivity index (χ0v) is 11.8. The molecule has 0 aromatic carbocycles. The lowest BCUT2D eigenvalue weighted by atomic mass is 10.2. The predicted molar refractivity (Wildman–Crippen MR) is 75.9 cm³/mol. The molecule has 1 saturated heterocycles. The van der Waals surface area contributed by atoms with Crippen LogP contribution >= 0.6 is 11.8 Å². The third-order valence-electron chi connectivity index (χ3n) is 3.18. The molecule has 0 bridgehead atoms. The summed E-state index contributed by atoms with van der Waals surface area (Å²) in [5.74, 6) is 3.27. The van der Waals surface area contributed by atoms with E-state index in [-0.39, 0.29) is 11.9 Å². The van der Waals surface area contributed by atoms with Gasteiger partial charge in [0.2, 0.25) is 5.91 Å². The van der Waals surface area contributed by atoms with E-state index in [4.69, 9.17) is 8.83 Å². The van der Waals surface area contributed by atoms with Crippen molar-refractivity contribution in [1.82, 2.24) is 10.2 Å². The van der Waals surface area contributed by atoms with Gasteiger partial charge in [0.05, 0.1) is 31.7 Å². The number of nitrogens with one attached hydrogen (secondary N) is 1. The molecule has 1 fully saturated rings. The number of carbonyl (C=O) groups excluding carboxylic acids is 1. The summed E-state index contributed by atoms with van der Waals surface area (Å²) in [5.41, 5.74) is 0. The smallest absolute Gasteiger partial charge is 0.241 e. The molecule has 1 atom stereocenters. The fourth-order valence-corrected chi connectivity index (χ4v) is 3.10. The van der Waals surface area contributed by atoms with E-state index in [9.17, 15) is 4.79 Å². The molecule has 0 saturated carbocycles. The first-order valence-corrected chi connectivity index (χ1v) is 7.63. The van der Waals surface area contributed by atoms with Crippen LogP contribution in [0.4, 0.5) is 0 Å². The Morgan fingerprint density at radius 3 is 2.35 bits per heavy atom. The maximum Gasteiger partial charge on any atom is 0.241 e. The van der Waals surface area contributed by atoms with Crippen LogP contribution in [0, 0.1) is 0 Å². The Bertz CT molecular complexity index is 497. The molecular weight excluding hydrogens is 276 g/mol. The van der Waals surface area contributed by atoms with Crippen LogP contribution in [-0.2, 0) is 17.9 Å². The van der Waals surface area contributed by atoms with E-state index in [1.807, 2.05) is 24.3 Å². The number of carbonyl (C=O) groups is 1. The average Bonchev–Trinajstić information content (AvgIpc) is 3.20. The molecule has 1 amide bonds. The summed E-state index contributed by atoms with van der Waals surface area (Å²) in [6, 6.07) is 7.28. The monoisotopic (exact) mass is 292 g/mol. The van der Waals surface area contributed by atoms with E-state index in [0.29, 0.717) is 13.1 Å². The summed E-state index contributed by atoms with van der Waals surface area (Å²) in [6.07, 6.45) is 3.24. The van der Waals surface area contributed by atoms with Gasteiger partial charge < -0.3 is 13.7 Å². The number of nitrogens with zero attached hydrogens (tertiary/aromatic N) is 1. The molecule has 0 aliphatic carbocycles. The molecule has 0 spiro atoms. The predicted octanol–water partition coefficient (Wildman–Crippen LogP) is 2.06. The lowest BCUT2D eigenvalue weighted by molar-refractivity contribution is -0.134. The minimum atomic E-state index is -0.120. The Morgan fingerprint density at radius 1 is 1.25 bits per heavy atom. The van der Waals surface area contributed by atoms with Gasteiger partial charge in [-0.15, -0.1) is 11.8 Å². The van der Waals surface area contributed by atoms with E-state index in [0.717, 1.165) is 23.2 Å². The molecule has 106 valence electrons. The normalized spacial score (nSPS) is 18.3. The quantitative estimate of drug-likeness (QED) is 0.914. The lowest BCUT2D eigenvalue weighted by Gasteiger charge is -2.23. The first kappa shape index (κ1) is 13.3. The van der Waals surface area contributed by atoms with Gasteiger partial charge in [0.1, 0.15) is 11.5 Å². The van der Waals surface area contributed by atoms with Crippen LogP contribution in [0.5, 0.6) is 0 Å². The van der Waals surface area contributed by atoms with E-state index >= 15 is 0 Å². The van der Waals surface area contributed by atoms with Crippen LogP contribution in [0.3, 0.4) is 0 Å². The molecule has 1 aliphatic heterocycles. The van der Waals surface area contributed by atoms with E-state index < -0.39 is 0 Å². The average molecular weight is 292 g/mol. The van der Waals surface area contributed by atoms with Gasteiger partial charge >= 0.3 is 0 Å². The van der Waals surface area contributed by atoms with Crippen LogP contribution in [0.1, 0.15) is 11.5 Å². The van der Waals surface area contributed by atoms with Gasteiger partial charge in [-0.1, -0.05) is 0 Å². The van der Waals surface area contributed by atoms with Gasteiger partial charge in [-0.05, 0) is 24.3 Å². The Balaban J connectivity index is 1.73. The summed E-state index contributed by atoms with van der Waals surface area (Å²) in [4.78, 5) is 14.3. The Hall–Kier alpha value is -1.66.